The molecular weight excluding hydrogens is 520 g/mol. The summed E-state index contributed by atoms with van der Waals surface area (Å²) in [5.74, 6) is 6.50. The average molecular weight is 547 g/mol. The molecule has 4 N–H and O–H groups in total. The van der Waals surface area contributed by atoms with Crippen molar-refractivity contribution in [3.05, 3.63) is 106 Å². The topological polar surface area (TPSA) is 165 Å². The number of amides is 1. The van der Waals surface area contributed by atoms with Crippen LogP contribution in [0.25, 0.3) is 22.1 Å². The van der Waals surface area contributed by atoms with E-state index in [1.54, 1.807) is 15.4 Å². The van der Waals surface area contributed by atoms with Gasteiger partial charge in [-0.15, -0.1) is 10.2 Å². The number of nitrogen functional groups attached to an aromatic ring is 1. The van der Waals surface area contributed by atoms with Gasteiger partial charge >= 0.3 is 0 Å². The van der Waals surface area contributed by atoms with Gasteiger partial charge in [0.1, 0.15) is 23.2 Å². The zero-order chi connectivity index (χ0) is 29.1. The monoisotopic (exact) mass is 546 g/mol. The smallest absolute Gasteiger partial charge is 0.267 e. The van der Waals surface area contributed by atoms with Crippen molar-refractivity contribution in [2.24, 2.45) is 12.8 Å². The van der Waals surface area contributed by atoms with Crippen LogP contribution >= 0.6 is 0 Å². The van der Waals surface area contributed by atoms with Crippen LogP contribution in [0.5, 0.6) is 0 Å². The third kappa shape index (κ3) is 5.11. The summed E-state index contributed by atoms with van der Waals surface area (Å²) in [7, 11) is 1.88. The molecule has 6 rings (SSSR count). The first-order valence-electron chi connectivity index (χ1n) is 12.6. The molecule has 0 radical (unpaired) electrons. The maximum Gasteiger partial charge on any atom is 0.267 e. The molecule has 4 heterocycles. The summed E-state index contributed by atoms with van der Waals surface area (Å²) < 4.78 is 4.82. The number of anilines is 1. The second kappa shape index (κ2) is 11.1. The molecule has 0 aliphatic heterocycles. The molecule has 2 aromatic carbocycles. The number of benzene rings is 2. The number of primary amides is 1. The molecule has 0 saturated carbocycles. The van der Waals surface area contributed by atoms with Gasteiger partial charge in [0.25, 0.3) is 11.5 Å². The highest BCUT2D eigenvalue weighted by Crippen LogP contribution is 2.17. The number of nitrogens with zero attached hydrogens (tertiary/aromatic N) is 8. The van der Waals surface area contributed by atoms with E-state index in [-0.39, 0.29) is 16.9 Å². The Morgan fingerprint density at radius 2 is 1.76 bits per heavy atom. The number of hydrogen-bond donors (Lipinski definition) is 2. The number of nitrogens with two attached hydrogens (primary N) is 2. The van der Waals surface area contributed by atoms with Gasteiger partial charge in [-0.3, -0.25) is 18.8 Å². The van der Waals surface area contributed by atoms with Crippen LogP contribution in [0.3, 0.4) is 0 Å². The largest absolute Gasteiger partial charge is 0.382 e. The molecule has 1 amide bonds. The van der Waals surface area contributed by atoms with Crippen LogP contribution in [0.1, 0.15) is 39.9 Å². The van der Waals surface area contributed by atoms with Gasteiger partial charge in [-0.1, -0.05) is 43.0 Å². The molecule has 0 aliphatic carbocycles. The predicted octanol–water partition coefficient (Wildman–Crippen LogP) is 2.20. The predicted molar refractivity (Wildman–Crippen MR) is 154 cm³/mol. The molecule has 0 atom stereocenters. The molecule has 6 aromatic rings. The van der Waals surface area contributed by atoms with Crippen molar-refractivity contribution in [2.45, 2.75) is 20.3 Å². The van der Waals surface area contributed by atoms with Gasteiger partial charge in [-0.25, -0.2) is 9.50 Å². The Morgan fingerprint density at radius 1 is 1.00 bits per heavy atom. The van der Waals surface area contributed by atoms with Crippen molar-refractivity contribution in [3.63, 3.8) is 0 Å². The van der Waals surface area contributed by atoms with E-state index in [1.807, 2.05) is 69.4 Å². The summed E-state index contributed by atoms with van der Waals surface area (Å²) in [6.07, 6.45) is 5.12. The number of fused-ring (bicyclic) bond motifs is 2. The van der Waals surface area contributed by atoms with Crippen LogP contribution in [-0.2, 0) is 13.5 Å². The maximum atomic E-state index is 13.5. The Bertz CT molecular complexity index is 2030. The Hall–Kier alpha value is -5.83. The summed E-state index contributed by atoms with van der Waals surface area (Å²) in [5, 5.41) is 15.8. The summed E-state index contributed by atoms with van der Waals surface area (Å²) in [6, 6.07) is 15.2. The Balaban J connectivity index is 0.000000216. The van der Waals surface area contributed by atoms with Crippen LogP contribution in [0.15, 0.2) is 72.0 Å². The van der Waals surface area contributed by atoms with Gasteiger partial charge in [-0.2, -0.15) is 10.2 Å². The van der Waals surface area contributed by atoms with Crippen molar-refractivity contribution < 1.29 is 4.79 Å². The Kier molecular flexibility index (Phi) is 7.25. The zero-order valence-electron chi connectivity index (χ0n) is 22.6. The SMILES string of the molecule is CCc1nc2cccc(C#Cc3cnn(C)c3C)c2c(=O)n1-c1ccccc1.NC(=O)c1c(N)nn2cnncc12. The fourth-order valence-corrected chi connectivity index (χ4v) is 4.31. The summed E-state index contributed by atoms with van der Waals surface area (Å²) in [4.78, 5) is 29.1. The van der Waals surface area contributed by atoms with Crippen molar-refractivity contribution in [1.82, 2.24) is 39.1 Å². The Labute approximate surface area is 234 Å². The molecule has 12 heteroatoms. The van der Waals surface area contributed by atoms with E-state index in [0.717, 1.165) is 22.8 Å². The van der Waals surface area contributed by atoms with Crippen molar-refractivity contribution >= 4 is 28.1 Å². The highest BCUT2D eigenvalue weighted by atomic mass is 16.1. The van der Waals surface area contributed by atoms with E-state index in [9.17, 15) is 9.59 Å². The number of aromatic nitrogens is 8. The van der Waals surface area contributed by atoms with E-state index in [2.05, 4.69) is 32.2 Å². The molecule has 0 spiro atoms. The zero-order valence-corrected chi connectivity index (χ0v) is 22.6. The van der Waals surface area contributed by atoms with Crippen LogP contribution in [0.2, 0.25) is 0 Å². The van der Waals surface area contributed by atoms with Crippen LogP contribution < -0.4 is 17.0 Å². The quantitative estimate of drug-likeness (QED) is 0.319. The first kappa shape index (κ1) is 26.8. The van der Waals surface area contributed by atoms with Crippen LogP contribution in [0, 0.1) is 18.8 Å². The van der Waals surface area contributed by atoms with Gasteiger partial charge in [0.2, 0.25) is 0 Å². The van der Waals surface area contributed by atoms with E-state index >= 15 is 0 Å². The number of hydrogen-bond acceptors (Lipinski definition) is 8. The van der Waals surface area contributed by atoms with E-state index < -0.39 is 5.91 Å². The van der Waals surface area contributed by atoms with Crippen molar-refractivity contribution in [2.75, 3.05) is 5.73 Å². The molecule has 41 heavy (non-hydrogen) atoms. The second-order valence-electron chi connectivity index (χ2n) is 9.00. The van der Waals surface area contributed by atoms with Gasteiger partial charge in [-0.05, 0) is 31.2 Å². The molecule has 0 unspecified atom stereocenters. The van der Waals surface area contributed by atoms with Crippen molar-refractivity contribution in [1.29, 1.82) is 0 Å². The lowest BCUT2D eigenvalue weighted by molar-refractivity contribution is 0.100. The number of carbonyl (C=O) groups is 1. The lowest BCUT2D eigenvalue weighted by atomic mass is 10.1. The van der Waals surface area contributed by atoms with E-state index in [1.165, 1.54) is 17.0 Å². The minimum atomic E-state index is -0.625. The number of carbonyl (C=O) groups excluding carboxylic acids is 1. The van der Waals surface area contributed by atoms with Gasteiger partial charge in [0.05, 0.1) is 40.2 Å². The van der Waals surface area contributed by atoms with E-state index in [4.69, 9.17) is 16.5 Å². The van der Waals surface area contributed by atoms with Gasteiger partial charge in [0.15, 0.2) is 5.82 Å². The number of rotatable bonds is 3. The minimum absolute atomic E-state index is 0.0855. The maximum absolute atomic E-state index is 13.5. The molecule has 0 aliphatic rings. The fraction of sp³-hybridized carbons (Fsp3) is 0.138. The third-order valence-electron chi connectivity index (χ3n) is 6.49. The molecule has 204 valence electrons. The van der Waals surface area contributed by atoms with E-state index in [0.29, 0.717) is 28.4 Å². The standard InChI is InChI=1S/C23H20N4O.C6H6N6O/c1-4-21-25-20-12-8-9-17(13-14-18-15-24-26(3)16(18)2)22(20)23(28)27(21)19-10-6-5-7-11-19;7-5-4(6(8)13)3-1-9-10-2-12(3)11-5/h5-12,15H,4H2,1-3H3;1-2H,(H2,7,11)(H2,8,13). The first-order valence-corrected chi connectivity index (χ1v) is 12.6. The first-order chi connectivity index (χ1) is 19.8. The highest BCUT2D eigenvalue weighted by Gasteiger charge is 2.15. The highest BCUT2D eigenvalue weighted by molar-refractivity contribution is 6.03. The molecular formula is C29H26N10O2. The number of aryl methyl sites for hydroxylation is 2. The minimum Gasteiger partial charge on any atom is -0.382 e. The van der Waals surface area contributed by atoms with Crippen LogP contribution in [0.4, 0.5) is 5.82 Å². The second-order valence-corrected chi connectivity index (χ2v) is 9.00. The molecule has 4 aromatic heterocycles. The van der Waals surface area contributed by atoms with Gasteiger partial charge < -0.3 is 11.5 Å². The average Bonchev–Trinajstić information content (AvgIpc) is 3.49. The molecule has 0 bridgehead atoms. The summed E-state index contributed by atoms with van der Waals surface area (Å²) >= 11 is 0. The number of para-hydroxylation sites is 1. The van der Waals surface area contributed by atoms with Crippen molar-refractivity contribution in [3.8, 4) is 17.5 Å². The Morgan fingerprint density at radius 3 is 2.44 bits per heavy atom. The summed E-state index contributed by atoms with van der Waals surface area (Å²) in [6.45, 7) is 3.97. The van der Waals surface area contributed by atoms with Crippen LogP contribution in [-0.4, -0.2) is 45.1 Å². The molecule has 0 fully saturated rings. The third-order valence-corrected chi connectivity index (χ3v) is 6.49. The molecule has 12 nitrogen and oxygen atoms in total. The summed E-state index contributed by atoms with van der Waals surface area (Å²) in [5.41, 5.74) is 15.1. The van der Waals surface area contributed by atoms with Gasteiger partial charge in [0, 0.05) is 19.0 Å². The normalized spacial score (nSPS) is 10.6. The lowest BCUT2D eigenvalue weighted by Gasteiger charge is -2.13. The molecule has 0 saturated heterocycles. The fourth-order valence-electron chi connectivity index (χ4n) is 4.31. The lowest BCUT2D eigenvalue weighted by Crippen LogP contribution is -2.24.